The molecule has 17 heteroatoms. The zero-order chi connectivity index (χ0) is 42.6. The van der Waals surface area contributed by atoms with E-state index >= 15 is 0 Å². The summed E-state index contributed by atoms with van der Waals surface area (Å²) >= 11 is 1.03. The summed E-state index contributed by atoms with van der Waals surface area (Å²) in [7, 11) is -2.49. The second-order valence-corrected chi connectivity index (χ2v) is 17.9. The van der Waals surface area contributed by atoms with Crippen molar-refractivity contribution in [2.45, 2.75) is 70.7 Å². The standard InChI is InChI=1S/C41H45F3N4O8S2/c1-26-9-14-30(15-10-26)58(51,52)54-22-21-53-20-19-48(38(50)56-40(5,6)7)29-13-17-33-34(24-29)57-36(46-33)31-16-11-27(23-32(31)41(42,43)44)28-12-18-35(45-25-28)47(8)37(49)55-39(2,3)4/h9-18,23-25H,19-22H2,1-8H3. The van der Waals surface area contributed by atoms with E-state index in [0.29, 0.717) is 21.5 Å². The highest BCUT2D eigenvalue weighted by molar-refractivity contribution is 7.86. The van der Waals surface area contributed by atoms with Crippen molar-refractivity contribution in [2.75, 3.05) is 43.2 Å². The highest BCUT2D eigenvalue weighted by Crippen LogP contribution is 2.42. The summed E-state index contributed by atoms with van der Waals surface area (Å²) in [5, 5.41) is 0.117. The molecule has 58 heavy (non-hydrogen) atoms. The van der Waals surface area contributed by atoms with Crippen molar-refractivity contribution in [1.29, 1.82) is 0 Å². The number of pyridine rings is 1. The first-order valence-electron chi connectivity index (χ1n) is 18.1. The van der Waals surface area contributed by atoms with Gasteiger partial charge in [0.2, 0.25) is 0 Å². The summed E-state index contributed by atoms with van der Waals surface area (Å²) in [6.07, 6.45) is -4.66. The Bertz CT molecular complexity index is 2350. The smallest absolute Gasteiger partial charge is 0.417 e. The van der Waals surface area contributed by atoms with Crippen LogP contribution < -0.4 is 9.80 Å². The van der Waals surface area contributed by atoms with Crippen LogP contribution in [0.3, 0.4) is 0 Å². The number of carbonyl (C=O) groups excluding carboxylic acids is 2. The Balaban J connectivity index is 1.34. The first kappa shape index (κ1) is 44.0. The molecule has 0 unspecified atom stereocenters. The monoisotopic (exact) mass is 842 g/mol. The number of anilines is 2. The minimum Gasteiger partial charge on any atom is -0.443 e. The number of ether oxygens (including phenoxy) is 3. The minimum atomic E-state index is -4.73. The second kappa shape index (κ2) is 17.4. The van der Waals surface area contributed by atoms with Crippen LogP contribution in [0.2, 0.25) is 0 Å². The predicted octanol–water partition coefficient (Wildman–Crippen LogP) is 9.89. The quantitative estimate of drug-likeness (QED) is 0.0882. The molecule has 310 valence electrons. The Labute approximate surface area is 339 Å². The maximum absolute atomic E-state index is 14.6. The van der Waals surface area contributed by atoms with E-state index in [-0.39, 0.29) is 53.2 Å². The number of thiazole rings is 1. The average Bonchev–Trinajstić information content (AvgIpc) is 3.56. The van der Waals surface area contributed by atoms with E-state index in [1.54, 1.807) is 84.0 Å². The molecule has 0 atom stereocenters. The minimum absolute atomic E-state index is 0.00358. The molecule has 0 N–H and O–H groups in total. The first-order chi connectivity index (χ1) is 27.0. The van der Waals surface area contributed by atoms with Gasteiger partial charge in [-0.25, -0.2) is 19.6 Å². The van der Waals surface area contributed by atoms with Crippen LogP contribution in [0.4, 0.5) is 34.3 Å². The molecule has 2 amide bonds. The molecule has 0 saturated heterocycles. The van der Waals surface area contributed by atoms with E-state index in [9.17, 15) is 31.2 Å². The zero-order valence-corrected chi connectivity index (χ0v) is 35.0. The van der Waals surface area contributed by atoms with Gasteiger partial charge in [-0.1, -0.05) is 29.8 Å². The highest BCUT2D eigenvalue weighted by Gasteiger charge is 2.35. The summed E-state index contributed by atoms with van der Waals surface area (Å²) in [5.41, 5.74) is -0.228. The maximum atomic E-state index is 14.6. The molecule has 2 heterocycles. The topological polar surface area (TPSA) is 137 Å². The van der Waals surface area contributed by atoms with Crippen LogP contribution in [-0.4, -0.2) is 75.2 Å². The number of halogens is 3. The number of benzene rings is 3. The van der Waals surface area contributed by atoms with E-state index in [1.165, 1.54) is 47.3 Å². The molecular weight excluding hydrogens is 798 g/mol. The third-order valence-corrected chi connectivity index (χ3v) is 10.6. The summed E-state index contributed by atoms with van der Waals surface area (Å²) < 4.78 is 91.0. The van der Waals surface area contributed by atoms with E-state index in [4.69, 9.17) is 18.4 Å². The fraction of sp³-hybridized carbons (Fsp3) is 0.366. The molecule has 0 radical (unpaired) electrons. The number of aromatic nitrogens is 2. The molecule has 0 saturated carbocycles. The SMILES string of the molecule is Cc1ccc(S(=O)(=O)OCCOCCN(C(=O)OC(C)(C)C)c2ccc3nc(-c4ccc(-c5ccc(N(C)C(=O)OC(C)(C)C)nc5)cc4C(F)(F)F)sc3c2)cc1. The number of hydrogen-bond donors (Lipinski definition) is 0. The van der Waals surface area contributed by atoms with Crippen molar-refractivity contribution in [3.8, 4) is 21.7 Å². The van der Waals surface area contributed by atoms with Crippen LogP contribution in [0.1, 0.15) is 52.7 Å². The van der Waals surface area contributed by atoms with Crippen molar-refractivity contribution in [2.24, 2.45) is 0 Å². The predicted molar refractivity (Wildman–Crippen MR) is 217 cm³/mol. The van der Waals surface area contributed by atoms with E-state index in [0.717, 1.165) is 23.0 Å². The lowest BCUT2D eigenvalue weighted by atomic mass is 10.00. The van der Waals surface area contributed by atoms with Gasteiger partial charge in [0.05, 0.1) is 47.0 Å². The fourth-order valence-corrected chi connectivity index (χ4v) is 7.33. The molecular formula is C41H45F3N4O8S2. The van der Waals surface area contributed by atoms with Gasteiger partial charge < -0.3 is 14.2 Å². The number of rotatable bonds is 12. The van der Waals surface area contributed by atoms with Gasteiger partial charge in [-0.2, -0.15) is 21.6 Å². The van der Waals surface area contributed by atoms with Crippen molar-refractivity contribution in [1.82, 2.24) is 9.97 Å². The maximum Gasteiger partial charge on any atom is 0.417 e. The van der Waals surface area contributed by atoms with Crippen molar-refractivity contribution in [3.05, 3.63) is 90.1 Å². The van der Waals surface area contributed by atoms with Crippen LogP contribution >= 0.6 is 11.3 Å². The molecule has 5 rings (SSSR count). The highest BCUT2D eigenvalue weighted by atomic mass is 32.2. The third-order valence-electron chi connectivity index (χ3n) is 8.18. The number of fused-ring (bicyclic) bond motifs is 1. The van der Waals surface area contributed by atoms with Crippen LogP contribution in [0.5, 0.6) is 0 Å². The van der Waals surface area contributed by atoms with E-state index < -0.39 is 45.2 Å². The van der Waals surface area contributed by atoms with Gasteiger partial charge in [-0.15, -0.1) is 11.3 Å². The van der Waals surface area contributed by atoms with Gasteiger partial charge >= 0.3 is 18.4 Å². The summed E-state index contributed by atoms with van der Waals surface area (Å²) in [4.78, 5) is 37.2. The number of carbonyl (C=O) groups is 2. The Kier molecular flexibility index (Phi) is 13.2. The number of alkyl halides is 3. The molecule has 0 bridgehead atoms. The lowest BCUT2D eigenvalue weighted by molar-refractivity contribution is -0.137. The average molecular weight is 843 g/mol. The number of nitrogens with zero attached hydrogens (tertiary/aromatic N) is 4. The van der Waals surface area contributed by atoms with Crippen LogP contribution in [0, 0.1) is 6.92 Å². The number of aryl methyl sites for hydroxylation is 1. The van der Waals surface area contributed by atoms with Crippen molar-refractivity contribution < 1.29 is 49.6 Å². The fourth-order valence-electron chi connectivity index (χ4n) is 5.40. The molecule has 0 aliphatic heterocycles. The first-order valence-corrected chi connectivity index (χ1v) is 20.3. The molecule has 0 fully saturated rings. The molecule has 0 aliphatic carbocycles. The molecule has 12 nitrogen and oxygen atoms in total. The van der Waals surface area contributed by atoms with Crippen LogP contribution in [0.15, 0.2) is 83.9 Å². The van der Waals surface area contributed by atoms with Gasteiger partial charge in [-0.05, 0) is 103 Å². The largest absolute Gasteiger partial charge is 0.443 e. The zero-order valence-electron chi connectivity index (χ0n) is 33.3. The Morgan fingerprint density at radius 3 is 2.07 bits per heavy atom. The molecule has 3 aromatic carbocycles. The number of amides is 2. The van der Waals surface area contributed by atoms with Gasteiger partial charge in [0.25, 0.3) is 10.1 Å². The Morgan fingerprint density at radius 1 is 0.793 bits per heavy atom. The Morgan fingerprint density at radius 2 is 1.45 bits per heavy atom. The van der Waals surface area contributed by atoms with Crippen molar-refractivity contribution in [3.63, 3.8) is 0 Å². The summed E-state index contributed by atoms with van der Waals surface area (Å²) in [5.74, 6) is 0.258. The van der Waals surface area contributed by atoms with Crippen LogP contribution in [0.25, 0.3) is 31.9 Å². The molecule has 2 aromatic heterocycles. The number of hydrogen-bond acceptors (Lipinski definition) is 11. The van der Waals surface area contributed by atoms with Gasteiger partial charge in [0, 0.05) is 30.1 Å². The molecule has 0 aliphatic rings. The summed E-state index contributed by atoms with van der Waals surface area (Å²) in [6, 6.07) is 18.1. The van der Waals surface area contributed by atoms with E-state index in [2.05, 4.69) is 9.97 Å². The third kappa shape index (κ3) is 11.5. The lowest BCUT2D eigenvalue weighted by Crippen LogP contribution is -2.39. The molecule has 0 spiro atoms. The van der Waals surface area contributed by atoms with Gasteiger partial charge in [0.1, 0.15) is 22.0 Å². The Hall–Kier alpha value is -5.10. The molecule has 5 aromatic rings. The van der Waals surface area contributed by atoms with Crippen LogP contribution in [-0.2, 0) is 34.7 Å². The van der Waals surface area contributed by atoms with Gasteiger partial charge in [0.15, 0.2) is 0 Å². The lowest BCUT2D eigenvalue weighted by Gasteiger charge is -2.27. The van der Waals surface area contributed by atoms with Crippen molar-refractivity contribution >= 4 is 55.4 Å². The van der Waals surface area contributed by atoms with E-state index in [1.807, 2.05) is 6.92 Å². The van der Waals surface area contributed by atoms with Gasteiger partial charge in [-0.3, -0.25) is 14.0 Å². The normalized spacial score (nSPS) is 12.4. The second-order valence-electron chi connectivity index (χ2n) is 15.2. The summed E-state index contributed by atoms with van der Waals surface area (Å²) in [6.45, 7) is 11.8.